The van der Waals surface area contributed by atoms with Crippen LogP contribution in [0, 0.1) is 0 Å². The highest BCUT2D eigenvalue weighted by atomic mass is 32.2. The second-order valence-electron chi connectivity index (χ2n) is 5.41. The second-order valence-corrected chi connectivity index (χ2v) is 7.33. The van der Waals surface area contributed by atoms with E-state index in [0.717, 1.165) is 38.9 Å². The molecule has 1 unspecified atom stereocenters. The molecule has 0 saturated heterocycles. The van der Waals surface area contributed by atoms with Gasteiger partial charge in [0.25, 0.3) is 0 Å². The SMILES string of the molecule is CCCNCCCCS(=O)(=O)NCCN(C)C(C)CC. The molecule has 0 aromatic rings. The summed E-state index contributed by atoms with van der Waals surface area (Å²) in [5.41, 5.74) is 0. The summed E-state index contributed by atoms with van der Waals surface area (Å²) >= 11 is 0. The third-order valence-corrected chi connectivity index (χ3v) is 5.04. The van der Waals surface area contributed by atoms with Gasteiger partial charge in [-0.05, 0) is 52.7 Å². The van der Waals surface area contributed by atoms with Gasteiger partial charge in [-0.25, -0.2) is 13.1 Å². The molecule has 0 aliphatic carbocycles. The first-order valence-corrected chi connectivity index (χ1v) is 9.46. The van der Waals surface area contributed by atoms with E-state index in [9.17, 15) is 8.42 Å². The highest BCUT2D eigenvalue weighted by molar-refractivity contribution is 7.89. The molecular weight excluding hydrogens is 274 g/mol. The highest BCUT2D eigenvalue weighted by Crippen LogP contribution is 1.99. The van der Waals surface area contributed by atoms with Crippen molar-refractivity contribution in [2.24, 2.45) is 0 Å². The van der Waals surface area contributed by atoms with Crippen molar-refractivity contribution in [3.05, 3.63) is 0 Å². The van der Waals surface area contributed by atoms with Gasteiger partial charge in [0.15, 0.2) is 0 Å². The molecule has 6 heteroatoms. The van der Waals surface area contributed by atoms with Gasteiger partial charge in [0.05, 0.1) is 5.75 Å². The first-order chi connectivity index (χ1) is 9.43. The average molecular weight is 308 g/mol. The van der Waals surface area contributed by atoms with E-state index in [4.69, 9.17) is 0 Å². The molecule has 0 aromatic carbocycles. The molecule has 0 bridgehead atoms. The normalized spacial score (nSPS) is 13.8. The molecule has 2 N–H and O–H groups in total. The topological polar surface area (TPSA) is 61.4 Å². The van der Waals surface area contributed by atoms with E-state index in [1.807, 2.05) is 7.05 Å². The molecule has 0 aliphatic heterocycles. The summed E-state index contributed by atoms with van der Waals surface area (Å²) in [7, 11) is -1.08. The Hall–Kier alpha value is -0.170. The van der Waals surface area contributed by atoms with Gasteiger partial charge < -0.3 is 10.2 Å². The Morgan fingerprint density at radius 2 is 1.80 bits per heavy atom. The lowest BCUT2D eigenvalue weighted by Crippen LogP contribution is -2.37. The summed E-state index contributed by atoms with van der Waals surface area (Å²) in [6.45, 7) is 9.57. The zero-order chi connectivity index (χ0) is 15.4. The van der Waals surface area contributed by atoms with Crippen LogP contribution in [-0.4, -0.2) is 58.3 Å². The molecule has 0 saturated carbocycles. The summed E-state index contributed by atoms with van der Waals surface area (Å²) in [6, 6.07) is 0.490. The maximum absolute atomic E-state index is 11.8. The van der Waals surface area contributed by atoms with Crippen LogP contribution in [0.15, 0.2) is 0 Å². The van der Waals surface area contributed by atoms with Crippen molar-refractivity contribution in [2.45, 2.75) is 52.5 Å². The van der Waals surface area contributed by atoms with Crippen molar-refractivity contribution in [1.29, 1.82) is 0 Å². The molecular formula is C14H33N3O2S. The molecule has 0 heterocycles. The summed E-state index contributed by atoms with van der Waals surface area (Å²) in [5, 5.41) is 3.28. The first-order valence-electron chi connectivity index (χ1n) is 7.81. The van der Waals surface area contributed by atoms with E-state index < -0.39 is 10.0 Å². The van der Waals surface area contributed by atoms with Crippen LogP contribution in [0.2, 0.25) is 0 Å². The number of nitrogens with one attached hydrogen (secondary N) is 2. The summed E-state index contributed by atoms with van der Waals surface area (Å²) in [4.78, 5) is 2.18. The number of unbranched alkanes of at least 4 members (excludes halogenated alkanes) is 1. The Kier molecular flexibility index (Phi) is 11.4. The van der Waals surface area contributed by atoms with E-state index in [1.165, 1.54) is 0 Å². The maximum Gasteiger partial charge on any atom is 0.211 e. The number of hydrogen-bond donors (Lipinski definition) is 2. The van der Waals surface area contributed by atoms with Crippen LogP contribution in [0.3, 0.4) is 0 Å². The van der Waals surface area contributed by atoms with E-state index in [1.54, 1.807) is 0 Å². The summed E-state index contributed by atoms with van der Waals surface area (Å²) < 4.78 is 26.3. The fourth-order valence-corrected chi connectivity index (χ4v) is 2.96. The molecule has 5 nitrogen and oxygen atoms in total. The predicted molar refractivity (Wildman–Crippen MR) is 86.6 cm³/mol. The Bertz CT molecular complexity index is 320. The Morgan fingerprint density at radius 1 is 1.10 bits per heavy atom. The van der Waals surface area contributed by atoms with Gasteiger partial charge in [-0.1, -0.05) is 13.8 Å². The van der Waals surface area contributed by atoms with Crippen LogP contribution in [0.25, 0.3) is 0 Å². The lowest BCUT2D eigenvalue weighted by atomic mass is 10.2. The van der Waals surface area contributed by atoms with E-state index in [-0.39, 0.29) is 5.75 Å². The molecule has 1 atom stereocenters. The lowest BCUT2D eigenvalue weighted by molar-refractivity contribution is 0.256. The third-order valence-electron chi connectivity index (χ3n) is 3.57. The van der Waals surface area contributed by atoms with E-state index in [0.29, 0.717) is 19.0 Å². The largest absolute Gasteiger partial charge is 0.317 e. The Balaban J connectivity index is 3.69. The van der Waals surface area contributed by atoms with Crippen molar-refractivity contribution in [3.8, 4) is 0 Å². The van der Waals surface area contributed by atoms with Crippen LogP contribution < -0.4 is 10.0 Å². The quantitative estimate of drug-likeness (QED) is 0.505. The molecule has 0 fully saturated rings. The van der Waals surface area contributed by atoms with Gasteiger partial charge >= 0.3 is 0 Å². The molecule has 0 aliphatic rings. The van der Waals surface area contributed by atoms with E-state index >= 15 is 0 Å². The van der Waals surface area contributed by atoms with Crippen LogP contribution >= 0.6 is 0 Å². The highest BCUT2D eigenvalue weighted by Gasteiger charge is 2.11. The fourth-order valence-electron chi connectivity index (χ4n) is 1.83. The van der Waals surface area contributed by atoms with E-state index in [2.05, 4.69) is 35.7 Å². The zero-order valence-electron chi connectivity index (χ0n) is 13.6. The van der Waals surface area contributed by atoms with Crippen LogP contribution in [0.4, 0.5) is 0 Å². The van der Waals surface area contributed by atoms with Gasteiger partial charge in [-0.3, -0.25) is 0 Å². The van der Waals surface area contributed by atoms with Crippen molar-refractivity contribution in [1.82, 2.24) is 14.9 Å². The molecule has 0 radical (unpaired) electrons. The minimum absolute atomic E-state index is 0.230. The summed E-state index contributed by atoms with van der Waals surface area (Å²) in [5.74, 6) is 0.230. The number of hydrogen-bond acceptors (Lipinski definition) is 4. The van der Waals surface area contributed by atoms with Crippen molar-refractivity contribution >= 4 is 10.0 Å². The Labute approximate surface area is 125 Å². The second kappa shape index (κ2) is 11.5. The Morgan fingerprint density at radius 3 is 2.40 bits per heavy atom. The van der Waals surface area contributed by atoms with Crippen LogP contribution in [0.5, 0.6) is 0 Å². The van der Waals surface area contributed by atoms with Crippen molar-refractivity contribution < 1.29 is 8.42 Å². The third kappa shape index (κ3) is 10.6. The molecule has 0 spiro atoms. The van der Waals surface area contributed by atoms with Crippen LogP contribution in [0.1, 0.15) is 46.5 Å². The number of nitrogens with zero attached hydrogens (tertiary/aromatic N) is 1. The lowest BCUT2D eigenvalue weighted by Gasteiger charge is -2.23. The van der Waals surface area contributed by atoms with Gasteiger partial charge in [0.1, 0.15) is 0 Å². The van der Waals surface area contributed by atoms with Gasteiger partial charge in [-0.2, -0.15) is 0 Å². The molecule has 122 valence electrons. The van der Waals surface area contributed by atoms with Crippen LogP contribution in [-0.2, 0) is 10.0 Å². The van der Waals surface area contributed by atoms with Gasteiger partial charge in [0, 0.05) is 19.1 Å². The zero-order valence-corrected chi connectivity index (χ0v) is 14.4. The minimum Gasteiger partial charge on any atom is -0.317 e. The fraction of sp³-hybridized carbons (Fsp3) is 1.00. The smallest absolute Gasteiger partial charge is 0.211 e. The number of sulfonamides is 1. The number of rotatable bonds is 13. The standard InChI is InChI=1S/C14H33N3O2S/c1-5-9-15-10-7-8-13-20(18,19)16-11-12-17(4)14(3)6-2/h14-16H,5-13H2,1-4H3. The first kappa shape index (κ1) is 19.8. The molecule has 20 heavy (non-hydrogen) atoms. The van der Waals surface area contributed by atoms with Crippen molar-refractivity contribution in [2.75, 3.05) is 39.0 Å². The maximum atomic E-state index is 11.8. The van der Waals surface area contributed by atoms with Gasteiger partial charge in [-0.15, -0.1) is 0 Å². The molecule has 0 amide bonds. The monoisotopic (exact) mass is 307 g/mol. The van der Waals surface area contributed by atoms with Crippen molar-refractivity contribution in [3.63, 3.8) is 0 Å². The average Bonchev–Trinajstić information content (AvgIpc) is 2.41. The predicted octanol–water partition coefficient (Wildman–Crippen LogP) is 1.42. The van der Waals surface area contributed by atoms with Gasteiger partial charge in [0.2, 0.25) is 10.0 Å². The molecule has 0 rings (SSSR count). The minimum atomic E-state index is -3.11. The molecule has 0 aromatic heterocycles. The number of likely N-dealkylation sites (N-methyl/N-ethyl adjacent to an activating group) is 1. The summed E-state index contributed by atoms with van der Waals surface area (Å²) in [6.07, 6.45) is 3.82.